The van der Waals surface area contributed by atoms with Crippen LogP contribution in [0.15, 0.2) is 47.4 Å². The highest BCUT2D eigenvalue weighted by molar-refractivity contribution is 8.00. The highest BCUT2D eigenvalue weighted by Gasteiger charge is 2.23. The molecule has 0 radical (unpaired) electrons. The molecule has 1 amide bonds. The summed E-state index contributed by atoms with van der Waals surface area (Å²) < 4.78 is 9.70. The van der Waals surface area contributed by atoms with Gasteiger partial charge in [0.1, 0.15) is 6.04 Å². The van der Waals surface area contributed by atoms with Crippen LogP contribution in [0, 0.1) is 5.92 Å². The molecule has 0 aliphatic carbocycles. The van der Waals surface area contributed by atoms with E-state index in [0.717, 1.165) is 15.7 Å². The summed E-state index contributed by atoms with van der Waals surface area (Å²) in [7, 11) is 1.27. The Morgan fingerprint density at radius 1 is 1.07 bits per heavy atom. The van der Waals surface area contributed by atoms with Gasteiger partial charge in [0.25, 0.3) is 5.91 Å². The van der Waals surface area contributed by atoms with Gasteiger partial charge in [-0.3, -0.25) is 9.59 Å². The van der Waals surface area contributed by atoms with Crippen LogP contribution in [0.3, 0.4) is 0 Å². The Bertz CT molecular complexity index is 836. The zero-order valence-corrected chi connectivity index (χ0v) is 17.1. The zero-order chi connectivity index (χ0) is 20.5. The van der Waals surface area contributed by atoms with Crippen LogP contribution in [-0.4, -0.2) is 43.4 Å². The van der Waals surface area contributed by atoms with Gasteiger partial charge < -0.3 is 14.8 Å². The van der Waals surface area contributed by atoms with Crippen LogP contribution in [0.5, 0.6) is 0 Å². The smallest absolute Gasteiger partial charge is 0.328 e. The van der Waals surface area contributed by atoms with E-state index in [9.17, 15) is 14.4 Å². The first-order valence-electron chi connectivity index (χ1n) is 9.03. The number of rotatable bonds is 9. The molecule has 150 valence electrons. The fourth-order valence-electron chi connectivity index (χ4n) is 2.65. The van der Waals surface area contributed by atoms with E-state index < -0.39 is 30.5 Å². The summed E-state index contributed by atoms with van der Waals surface area (Å²) in [5.41, 5.74) is 0. The molecular formula is C21H25NO5S. The molecular weight excluding hydrogens is 378 g/mol. The minimum Gasteiger partial charge on any atom is -0.467 e. The number of thioether (sulfide) groups is 1. The Hall–Kier alpha value is -2.54. The average molecular weight is 404 g/mol. The topological polar surface area (TPSA) is 81.7 Å². The molecule has 2 rings (SSSR count). The second-order valence-electron chi connectivity index (χ2n) is 6.73. The number of amides is 1. The van der Waals surface area contributed by atoms with Gasteiger partial charge in [-0.05, 0) is 35.2 Å². The van der Waals surface area contributed by atoms with Gasteiger partial charge in [0.05, 0.1) is 12.9 Å². The van der Waals surface area contributed by atoms with E-state index in [2.05, 4.69) is 5.32 Å². The van der Waals surface area contributed by atoms with E-state index in [0.29, 0.717) is 6.42 Å². The molecule has 0 spiro atoms. The number of fused-ring (bicyclic) bond motifs is 1. The highest BCUT2D eigenvalue weighted by atomic mass is 32.2. The Balaban J connectivity index is 1.78. The van der Waals surface area contributed by atoms with Crippen LogP contribution < -0.4 is 5.32 Å². The van der Waals surface area contributed by atoms with Gasteiger partial charge in [0, 0.05) is 4.90 Å². The molecule has 0 bridgehead atoms. The Labute approximate surface area is 169 Å². The number of esters is 2. The molecule has 7 heteroatoms. The Morgan fingerprint density at radius 3 is 2.46 bits per heavy atom. The number of ether oxygens (including phenoxy) is 2. The van der Waals surface area contributed by atoms with E-state index in [1.54, 1.807) is 0 Å². The molecule has 0 aromatic heterocycles. The van der Waals surface area contributed by atoms with Crippen LogP contribution in [0.4, 0.5) is 0 Å². The molecule has 0 aliphatic rings. The minimum atomic E-state index is -0.747. The minimum absolute atomic E-state index is 0.0953. The van der Waals surface area contributed by atoms with E-state index in [1.165, 1.54) is 18.9 Å². The third-order valence-corrected chi connectivity index (χ3v) is 4.94. The number of carbonyl (C=O) groups excluding carboxylic acids is 3. The van der Waals surface area contributed by atoms with E-state index in [-0.39, 0.29) is 11.7 Å². The van der Waals surface area contributed by atoms with E-state index in [4.69, 9.17) is 9.47 Å². The van der Waals surface area contributed by atoms with Crippen LogP contribution in [0.25, 0.3) is 10.8 Å². The Kier molecular flexibility index (Phi) is 8.32. The monoisotopic (exact) mass is 403 g/mol. The summed E-state index contributed by atoms with van der Waals surface area (Å²) in [6.07, 6.45) is 0.449. The van der Waals surface area contributed by atoms with Crippen LogP contribution in [0.1, 0.15) is 20.3 Å². The van der Waals surface area contributed by atoms with Crippen LogP contribution in [0.2, 0.25) is 0 Å². The van der Waals surface area contributed by atoms with Crippen molar-refractivity contribution >= 4 is 40.4 Å². The number of benzene rings is 2. The van der Waals surface area contributed by atoms with Crippen molar-refractivity contribution < 1.29 is 23.9 Å². The van der Waals surface area contributed by atoms with Gasteiger partial charge >= 0.3 is 11.9 Å². The largest absolute Gasteiger partial charge is 0.467 e. The van der Waals surface area contributed by atoms with Gasteiger partial charge in [-0.15, -0.1) is 11.8 Å². The first-order chi connectivity index (χ1) is 13.4. The maximum Gasteiger partial charge on any atom is 0.328 e. The molecule has 1 atom stereocenters. The average Bonchev–Trinajstić information content (AvgIpc) is 2.69. The number of hydrogen-bond acceptors (Lipinski definition) is 6. The summed E-state index contributed by atoms with van der Waals surface area (Å²) in [6, 6.07) is 13.2. The maximum atomic E-state index is 12.0. The van der Waals surface area contributed by atoms with Crippen molar-refractivity contribution in [2.24, 2.45) is 5.92 Å². The summed E-state index contributed by atoms with van der Waals surface area (Å²) in [4.78, 5) is 36.6. The molecule has 0 heterocycles. The van der Waals surface area contributed by atoms with Gasteiger partial charge in [-0.25, -0.2) is 4.79 Å². The lowest BCUT2D eigenvalue weighted by molar-refractivity contribution is -0.149. The van der Waals surface area contributed by atoms with Crippen molar-refractivity contribution in [2.45, 2.75) is 31.2 Å². The third-order valence-electron chi connectivity index (χ3n) is 3.97. The number of nitrogens with one attached hydrogen (secondary N) is 1. The highest BCUT2D eigenvalue weighted by Crippen LogP contribution is 2.23. The SMILES string of the molecule is COC(=O)C(CC(C)C)NC(=O)COC(=O)CSc1ccc2ccccc2c1. The fourth-order valence-corrected chi connectivity index (χ4v) is 3.39. The summed E-state index contributed by atoms with van der Waals surface area (Å²) in [5.74, 6) is -1.24. The molecule has 28 heavy (non-hydrogen) atoms. The molecule has 0 fully saturated rings. The summed E-state index contributed by atoms with van der Waals surface area (Å²) >= 11 is 1.35. The molecule has 1 unspecified atom stereocenters. The van der Waals surface area contributed by atoms with E-state index in [1.807, 2.05) is 56.3 Å². The molecule has 1 N–H and O–H groups in total. The first kappa shape index (κ1) is 21.8. The molecule has 2 aromatic carbocycles. The standard InChI is InChI=1S/C21H25NO5S/c1-14(2)10-18(21(25)26-3)22-19(23)12-27-20(24)13-28-17-9-8-15-6-4-5-7-16(15)11-17/h4-9,11,14,18H,10,12-13H2,1-3H3,(H,22,23). The molecule has 0 aliphatic heterocycles. The van der Waals surface area contributed by atoms with Crippen molar-refractivity contribution in [1.82, 2.24) is 5.32 Å². The first-order valence-corrected chi connectivity index (χ1v) is 10.0. The lowest BCUT2D eigenvalue weighted by Crippen LogP contribution is -2.44. The second-order valence-corrected chi connectivity index (χ2v) is 7.78. The quantitative estimate of drug-likeness (QED) is 0.512. The third kappa shape index (κ3) is 6.88. The normalized spacial score (nSPS) is 11.9. The van der Waals surface area contributed by atoms with E-state index >= 15 is 0 Å². The molecule has 6 nitrogen and oxygen atoms in total. The van der Waals surface area contributed by atoms with Gasteiger partial charge in [0.15, 0.2) is 6.61 Å². The zero-order valence-electron chi connectivity index (χ0n) is 16.3. The van der Waals surface area contributed by atoms with Gasteiger partial charge in [0.2, 0.25) is 0 Å². The Morgan fingerprint density at radius 2 is 1.79 bits per heavy atom. The van der Waals surface area contributed by atoms with Crippen molar-refractivity contribution in [3.63, 3.8) is 0 Å². The second kappa shape index (κ2) is 10.7. The summed E-state index contributed by atoms with van der Waals surface area (Å²) in [5, 5.41) is 4.78. The van der Waals surface area contributed by atoms with Gasteiger partial charge in [-0.1, -0.05) is 44.2 Å². The fraction of sp³-hybridized carbons (Fsp3) is 0.381. The number of carbonyl (C=O) groups is 3. The molecule has 2 aromatic rings. The molecule has 0 saturated heterocycles. The lowest BCUT2D eigenvalue weighted by Gasteiger charge is -2.18. The van der Waals surface area contributed by atoms with Crippen LogP contribution in [-0.2, 0) is 23.9 Å². The van der Waals surface area contributed by atoms with Crippen molar-refractivity contribution in [2.75, 3.05) is 19.5 Å². The van der Waals surface area contributed by atoms with Crippen molar-refractivity contribution in [1.29, 1.82) is 0 Å². The predicted octanol–water partition coefficient (Wildman–Crippen LogP) is 3.18. The van der Waals surface area contributed by atoms with Crippen LogP contribution >= 0.6 is 11.8 Å². The van der Waals surface area contributed by atoms with Crippen molar-refractivity contribution in [3.05, 3.63) is 42.5 Å². The summed E-state index contributed by atoms with van der Waals surface area (Å²) in [6.45, 7) is 3.45. The molecule has 0 saturated carbocycles. The van der Waals surface area contributed by atoms with Crippen molar-refractivity contribution in [3.8, 4) is 0 Å². The lowest BCUT2D eigenvalue weighted by atomic mass is 10.0. The predicted molar refractivity (Wildman–Crippen MR) is 109 cm³/mol. The maximum absolute atomic E-state index is 12.0. The van der Waals surface area contributed by atoms with Gasteiger partial charge in [-0.2, -0.15) is 0 Å². The number of methoxy groups -OCH3 is 1. The number of hydrogen-bond donors (Lipinski definition) is 1.